The molecule has 0 aliphatic heterocycles. The number of rotatable bonds is 5. The highest BCUT2D eigenvalue weighted by atomic mass is 32.2. The van der Waals surface area contributed by atoms with E-state index in [-0.39, 0.29) is 5.75 Å². The van der Waals surface area contributed by atoms with Crippen LogP contribution in [0.15, 0.2) is 47.6 Å². The van der Waals surface area contributed by atoms with E-state index in [9.17, 15) is 9.90 Å². The highest BCUT2D eigenvalue weighted by molar-refractivity contribution is 7.99. The number of aromatic nitrogens is 2. The van der Waals surface area contributed by atoms with Crippen LogP contribution in [0.4, 0.5) is 0 Å². The van der Waals surface area contributed by atoms with Gasteiger partial charge in [0.15, 0.2) is 0 Å². The maximum Gasteiger partial charge on any atom is 0.329 e. The molecule has 6 heteroatoms. The molecule has 5 nitrogen and oxygen atoms in total. The molecule has 100 valence electrons. The molecule has 1 aromatic heterocycles. The van der Waals surface area contributed by atoms with Gasteiger partial charge in [-0.2, -0.15) is 5.10 Å². The quantitative estimate of drug-likeness (QED) is 0.808. The summed E-state index contributed by atoms with van der Waals surface area (Å²) in [6.07, 6.45) is 3.52. The summed E-state index contributed by atoms with van der Waals surface area (Å²) in [5.41, 5.74) is 5.26. The molecule has 0 amide bonds. The molecule has 0 aliphatic rings. The molecular formula is C13H15N3O2S. The average Bonchev–Trinajstić information content (AvgIpc) is 2.82. The third-order valence-corrected chi connectivity index (χ3v) is 3.96. The Morgan fingerprint density at radius 1 is 1.47 bits per heavy atom. The molecule has 19 heavy (non-hydrogen) atoms. The minimum Gasteiger partial charge on any atom is -0.480 e. The molecular weight excluding hydrogens is 262 g/mol. The van der Waals surface area contributed by atoms with Gasteiger partial charge in [-0.15, -0.1) is 11.8 Å². The molecule has 0 saturated carbocycles. The average molecular weight is 277 g/mol. The first-order valence-electron chi connectivity index (χ1n) is 5.71. The second-order valence-corrected chi connectivity index (χ2v) is 5.33. The van der Waals surface area contributed by atoms with Crippen LogP contribution in [0.1, 0.15) is 5.56 Å². The normalized spacial score (nSPS) is 14.0. The minimum atomic E-state index is -1.40. The first-order chi connectivity index (χ1) is 9.02. The molecule has 1 heterocycles. The summed E-state index contributed by atoms with van der Waals surface area (Å²) in [6, 6.07) is 8.87. The maximum absolute atomic E-state index is 11.5. The Morgan fingerprint density at radius 3 is 2.68 bits per heavy atom. The van der Waals surface area contributed by atoms with Crippen molar-refractivity contribution < 1.29 is 9.90 Å². The number of hydrogen-bond donors (Lipinski definition) is 2. The number of thioether (sulfide) groups is 1. The van der Waals surface area contributed by atoms with E-state index < -0.39 is 11.5 Å². The zero-order chi connectivity index (χ0) is 13.9. The Bertz CT molecular complexity index is 570. The lowest BCUT2D eigenvalue weighted by molar-refractivity contribution is -0.142. The number of nitrogens with zero attached hydrogens (tertiary/aromatic N) is 2. The number of aryl methyl sites for hydroxylation is 1. The second-order valence-electron chi connectivity index (χ2n) is 4.28. The Labute approximate surface area is 115 Å². The molecule has 0 bridgehead atoms. The van der Waals surface area contributed by atoms with E-state index in [0.717, 1.165) is 4.90 Å². The van der Waals surface area contributed by atoms with Gasteiger partial charge in [0.25, 0.3) is 0 Å². The van der Waals surface area contributed by atoms with Crippen molar-refractivity contribution in [1.29, 1.82) is 0 Å². The van der Waals surface area contributed by atoms with Crippen LogP contribution < -0.4 is 5.73 Å². The molecule has 0 fully saturated rings. The monoisotopic (exact) mass is 277 g/mol. The van der Waals surface area contributed by atoms with Crippen molar-refractivity contribution in [2.24, 2.45) is 12.8 Å². The first kappa shape index (κ1) is 13.6. The number of carbonyl (C=O) groups is 1. The molecule has 0 spiro atoms. The van der Waals surface area contributed by atoms with E-state index in [4.69, 9.17) is 5.73 Å². The molecule has 0 aliphatic carbocycles. The van der Waals surface area contributed by atoms with Gasteiger partial charge in [0.1, 0.15) is 5.54 Å². The van der Waals surface area contributed by atoms with Crippen molar-refractivity contribution >= 4 is 17.7 Å². The minimum absolute atomic E-state index is 0.248. The molecule has 1 aromatic carbocycles. The summed E-state index contributed by atoms with van der Waals surface area (Å²) in [5, 5.41) is 13.5. The molecule has 0 saturated heterocycles. The highest BCUT2D eigenvalue weighted by Crippen LogP contribution is 2.27. The Kier molecular flexibility index (Phi) is 3.92. The van der Waals surface area contributed by atoms with E-state index in [1.54, 1.807) is 35.1 Å². The van der Waals surface area contributed by atoms with Gasteiger partial charge in [-0.25, -0.2) is 4.79 Å². The maximum atomic E-state index is 11.5. The summed E-state index contributed by atoms with van der Waals surface area (Å²) >= 11 is 1.38. The third kappa shape index (κ3) is 2.97. The zero-order valence-electron chi connectivity index (χ0n) is 10.5. The van der Waals surface area contributed by atoms with Crippen molar-refractivity contribution in [2.45, 2.75) is 10.4 Å². The van der Waals surface area contributed by atoms with Gasteiger partial charge in [-0.3, -0.25) is 4.68 Å². The van der Waals surface area contributed by atoms with E-state index in [1.807, 2.05) is 19.3 Å². The largest absolute Gasteiger partial charge is 0.480 e. The van der Waals surface area contributed by atoms with E-state index in [2.05, 4.69) is 5.10 Å². The predicted molar refractivity (Wildman–Crippen MR) is 73.9 cm³/mol. The topological polar surface area (TPSA) is 81.1 Å². The van der Waals surface area contributed by atoms with Crippen LogP contribution in [0.25, 0.3) is 0 Å². The Morgan fingerprint density at radius 2 is 2.16 bits per heavy atom. The van der Waals surface area contributed by atoms with Gasteiger partial charge >= 0.3 is 5.97 Å². The number of aliphatic carboxylic acids is 1. The zero-order valence-corrected chi connectivity index (χ0v) is 11.3. The summed E-state index contributed by atoms with van der Waals surface area (Å²) < 4.78 is 1.67. The van der Waals surface area contributed by atoms with Gasteiger partial charge in [0.2, 0.25) is 0 Å². The van der Waals surface area contributed by atoms with Gasteiger partial charge in [0, 0.05) is 23.9 Å². The SMILES string of the molecule is Cn1cc(SCC(N)(C(=O)O)c2ccccc2)cn1. The predicted octanol–water partition coefficient (Wildman–Crippen LogP) is 1.45. The summed E-state index contributed by atoms with van der Waals surface area (Å²) in [5.74, 6) is -0.784. The lowest BCUT2D eigenvalue weighted by Gasteiger charge is -2.24. The fourth-order valence-corrected chi connectivity index (χ4v) is 2.71. The standard InChI is InChI=1S/C13H15N3O2S/c1-16-8-11(7-15-16)19-9-13(14,12(17)18)10-5-3-2-4-6-10/h2-8H,9,14H2,1H3,(H,17,18). The van der Waals surface area contributed by atoms with Crippen molar-refractivity contribution in [1.82, 2.24) is 9.78 Å². The van der Waals surface area contributed by atoms with Crippen LogP contribution in [0.3, 0.4) is 0 Å². The first-order valence-corrected chi connectivity index (χ1v) is 6.70. The lowest BCUT2D eigenvalue weighted by atomic mass is 9.93. The number of nitrogens with two attached hydrogens (primary N) is 1. The fraction of sp³-hybridized carbons (Fsp3) is 0.231. The van der Waals surface area contributed by atoms with Crippen molar-refractivity contribution in [2.75, 3.05) is 5.75 Å². The van der Waals surface area contributed by atoms with Crippen LogP contribution in [0.2, 0.25) is 0 Å². The molecule has 2 aromatic rings. The van der Waals surface area contributed by atoms with E-state index >= 15 is 0 Å². The summed E-state index contributed by atoms with van der Waals surface area (Å²) in [4.78, 5) is 12.4. The van der Waals surface area contributed by atoms with Crippen LogP contribution in [0, 0.1) is 0 Å². The van der Waals surface area contributed by atoms with Crippen LogP contribution >= 0.6 is 11.8 Å². The van der Waals surface area contributed by atoms with Crippen molar-refractivity contribution in [3.05, 3.63) is 48.3 Å². The van der Waals surface area contributed by atoms with Crippen molar-refractivity contribution in [3.8, 4) is 0 Å². The van der Waals surface area contributed by atoms with Gasteiger partial charge in [-0.1, -0.05) is 30.3 Å². The number of benzene rings is 1. The van der Waals surface area contributed by atoms with Crippen LogP contribution in [0.5, 0.6) is 0 Å². The highest BCUT2D eigenvalue weighted by Gasteiger charge is 2.36. The molecule has 1 unspecified atom stereocenters. The van der Waals surface area contributed by atoms with E-state index in [0.29, 0.717) is 5.56 Å². The smallest absolute Gasteiger partial charge is 0.329 e. The second kappa shape index (κ2) is 5.46. The Hall–Kier alpha value is -1.79. The Balaban J connectivity index is 2.19. The third-order valence-electron chi connectivity index (χ3n) is 2.82. The van der Waals surface area contributed by atoms with Gasteiger partial charge in [0.05, 0.1) is 6.20 Å². The van der Waals surface area contributed by atoms with Gasteiger partial charge in [-0.05, 0) is 5.56 Å². The molecule has 0 radical (unpaired) electrons. The molecule has 2 rings (SSSR count). The molecule has 1 atom stereocenters. The fourth-order valence-electron chi connectivity index (χ4n) is 1.67. The van der Waals surface area contributed by atoms with E-state index in [1.165, 1.54) is 11.8 Å². The van der Waals surface area contributed by atoms with Gasteiger partial charge < -0.3 is 10.8 Å². The number of carboxylic acids is 1. The van der Waals surface area contributed by atoms with Crippen molar-refractivity contribution in [3.63, 3.8) is 0 Å². The number of carboxylic acid groups (broad SMARTS) is 1. The molecule has 3 N–H and O–H groups in total. The summed E-state index contributed by atoms with van der Waals surface area (Å²) in [6.45, 7) is 0. The lowest BCUT2D eigenvalue weighted by Crippen LogP contribution is -2.47. The summed E-state index contributed by atoms with van der Waals surface area (Å²) in [7, 11) is 1.81. The number of hydrogen-bond acceptors (Lipinski definition) is 4. The van der Waals surface area contributed by atoms with Crippen LogP contribution in [-0.2, 0) is 17.4 Å². The van der Waals surface area contributed by atoms with Crippen LogP contribution in [-0.4, -0.2) is 26.6 Å².